The Bertz CT molecular complexity index is 2640. The number of hydrogen-bond donors (Lipinski definition) is 0. The topological polar surface area (TPSA) is 29.0 Å². The van der Waals surface area contributed by atoms with Crippen molar-refractivity contribution in [3.63, 3.8) is 0 Å². The molecule has 9 rings (SSSR count). The zero-order valence-electron chi connectivity index (χ0n) is 31.0. The Balaban J connectivity index is 1.08. The summed E-state index contributed by atoms with van der Waals surface area (Å²) in [6.07, 6.45) is 8.41. The van der Waals surface area contributed by atoms with Crippen molar-refractivity contribution in [1.82, 2.24) is 9.97 Å². The van der Waals surface area contributed by atoms with Crippen LogP contribution in [0.1, 0.15) is 5.56 Å². The first-order chi connectivity index (χ1) is 27.7. The van der Waals surface area contributed by atoms with Gasteiger partial charge in [-0.2, -0.15) is 0 Å². The van der Waals surface area contributed by atoms with Gasteiger partial charge in [-0.3, -0.25) is 0 Å². The summed E-state index contributed by atoms with van der Waals surface area (Å²) in [6, 6.07) is 66.2. The minimum atomic E-state index is 0.690. The fraction of sp³-hybridized carbons (Fsp3) is 0.0189. The van der Waals surface area contributed by atoms with Crippen LogP contribution < -0.4 is 4.90 Å². The van der Waals surface area contributed by atoms with Gasteiger partial charge in [-0.15, -0.1) is 0 Å². The highest BCUT2D eigenvalue weighted by Crippen LogP contribution is 2.37. The van der Waals surface area contributed by atoms with Crippen molar-refractivity contribution < 1.29 is 0 Å². The second kappa shape index (κ2) is 15.5. The first-order valence-electron chi connectivity index (χ1n) is 19.0. The maximum atomic E-state index is 5.17. The van der Waals surface area contributed by atoms with E-state index in [-0.39, 0.29) is 0 Å². The van der Waals surface area contributed by atoms with Crippen molar-refractivity contribution in [3.8, 4) is 67.3 Å². The molecular formula is C53H39N3. The lowest BCUT2D eigenvalue weighted by Gasteiger charge is -2.26. The van der Waals surface area contributed by atoms with Crippen molar-refractivity contribution >= 4 is 16.9 Å². The number of hydrogen-bond acceptors (Lipinski definition) is 3. The molecule has 1 aliphatic rings. The summed E-state index contributed by atoms with van der Waals surface area (Å²) in [5.41, 5.74) is 16.1. The van der Waals surface area contributed by atoms with Crippen molar-refractivity contribution in [2.24, 2.45) is 0 Å². The quantitative estimate of drug-likeness (QED) is 0.164. The van der Waals surface area contributed by atoms with E-state index in [0.717, 1.165) is 90.5 Å². The van der Waals surface area contributed by atoms with Crippen LogP contribution in [0.2, 0.25) is 0 Å². The Labute approximate surface area is 329 Å². The summed E-state index contributed by atoms with van der Waals surface area (Å²) < 4.78 is 0. The van der Waals surface area contributed by atoms with Gasteiger partial charge in [0.25, 0.3) is 0 Å². The summed E-state index contributed by atoms with van der Waals surface area (Å²) in [5.74, 6) is 0.690. The Morgan fingerprint density at radius 3 is 1.46 bits per heavy atom. The lowest BCUT2D eigenvalue weighted by molar-refractivity contribution is 1.09. The van der Waals surface area contributed by atoms with Crippen LogP contribution in [-0.2, 0) is 0 Å². The largest absolute Gasteiger partial charge is 0.337 e. The molecule has 3 nitrogen and oxygen atoms in total. The third-order valence-electron chi connectivity index (χ3n) is 10.3. The molecule has 266 valence electrons. The number of anilines is 2. The maximum Gasteiger partial charge on any atom is 0.160 e. The van der Waals surface area contributed by atoms with Gasteiger partial charge in [-0.1, -0.05) is 176 Å². The van der Waals surface area contributed by atoms with E-state index >= 15 is 0 Å². The van der Waals surface area contributed by atoms with E-state index in [1.807, 2.05) is 12.1 Å². The molecule has 2 heterocycles. The average Bonchev–Trinajstić information content (AvgIpc) is 3.36. The molecular weight excluding hydrogens is 679 g/mol. The summed E-state index contributed by atoms with van der Waals surface area (Å²) >= 11 is 0. The van der Waals surface area contributed by atoms with E-state index in [9.17, 15) is 0 Å². The fourth-order valence-electron chi connectivity index (χ4n) is 7.33. The third-order valence-corrected chi connectivity index (χ3v) is 10.3. The van der Waals surface area contributed by atoms with Crippen molar-refractivity contribution in [3.05, 3.63) is 225 Å². The molecule has 0 saturated heterocycles. The molecule has 7 aromatic carbocycles. The molecule has 0 bridgehead atoms. The summed E-state index contributed by atoms with van der Waals surface area (Å²) in [5, 5.41) is 0. The van der Waals surface area contributed by atoms with Crippen molar-refractivity contribution in [2.45, 2.75) is 0 Å². The van der Waals surface area contributed by atoms with Gasteiger partial charge in [0.1, 0.15) is 0 Å². The minimum Gasteiger partial charge on any atom is -0.337 e. The van der Waals surface area contributed by atoms with Crippen LogP contribution in [-0.4, -0.2) is 16.5 Å². The van der Waals surface area contributed by atoms with Crippen molar-refractivity contribution in [1.29, 1.82) is 0 Å². The van der Waals surface area contributed by atoms with Gasteiger partial charge >= 0.3 is 0 Å². The van der Waals surface area contributed by atoms with Crippen LogP contribution in [0, 0.1) is 0 Å². The third kappa shape index (κ3) is 7.26. The summed E-state index contributed by atoms with van der Waals surface area (Å²) in [4.78, 5) is 12.7. The van der Waals surface area contributed by atoms with Crippen LogP contribution >= 0.6 is 0 Å². The molecule has 1 aromatic heterocycles. The normalized spacial score (nSPS) is 13.6. The number of aromatic nitrogens is 2. The number of rotatable bonds is 7. The standard InChI is InChI=1S/C53H39N3/c1-38-16-6-5-15-33-56(52-24-14-13-23-49(38)52)48-31-29-41(30-32-48)40-25-27-42(28-26-40)46-34-45(39-17-7-2-8-18-39)35-47(36-46)53-54-50(43-19-9-3-10-20-43)37-51(55-53)44-21-11-4-12-22-44/h2-32,34-37H,1,33H2/b15-5-,16-6-. The zero-order chi connectivity index (χ0) is 37.7. The van der Waals surface area contributed by atoms with Crippen molar-refractivity contribution in [2.75, 3.05) is 11.4 Å². The monoisotopic (exact) mass is 717 g/mol. The number of nitrogens with zero attached hydrogens (tertiary/aromatic N) is 3. The molecule has 0 unspecified atom stereocenters. The Hall–Kier alpha value is -7.36. The minimum absolute atomic E-state index is 0.690. The molecule has 0 radical (unpaired) electrons. The molecule has 0 amide bonds. The Kier molecular flexibility index (Phi) is 9.55. The Morgan fingerprint density at radius 2 is 0.875 bits per heavy atom. The maximum absolute atomic E-state index is 5.17. The number of benzene rings is 7. The molecule has 1 aliphatic heterocycles. The van der Waals surface area contributed by atoms with Gasteiger partial charge in [0.05, 0.1) is 11.4 Å². The summed E-state index contributed by atoms with van der Waals surface area (Å²) in [7, 11) is 0. The molecule has 0 spiro atoms. The van der Waals surface area contributed by atoms with E-state index in [2.05, 4.69) is 212 Å². The summed E-state index contributed by atoms with van der Waals surface area (Å²) in [6.45, 7) is 5.09. The molecule has 0 fully saturated rings. The lowest BCUT2D eigenvalue weighted by Crippen LogP contribution is -2.18. The zero-order valence-corrected chi connectivity index (χ0v) is 31.0. The first kappa shape index (κ1) is 34.4. The van der Waals surface area contributed by atoms with Crippen LogP contribution in [0.25, 0.3) is 72.9 Å². The molecule has 3 heteroatoms. The van der Waals surface area contributed by atoms with Gasteiger partial charge in [0, 0.05) is 40.2 Å². The highest BCUT2D eigenvalue weighted by atomic mass is 15.1. The number of allylic oxidation sites excluding steroid dienone is 4. The van der Waals surface area contributed by atoms with Gasteiger partial charge in [-0.25, -0.2) is 9.97 Å². The van der Waals surface area contributed by atoms with E-state index in [1.54, 1.807) is 0 Å². The smallest absolute Gasteiger partial charge is 0.160 e. The van der Waals surface area contributed by atoms with Crippen LogP contribution in [0.15, 0.2) is 219 Å². The predicted molar refractivity (Wildman–Crippen MR) is 235 cm³/mol. The lowest BCUT2D eigenvalue weighted by atomic mass is 9.94. The van der Waals surface area contributed by atoms with Gasteiger partial charge in [-0.05, 0) is 81.4 Å². The second-order valence-corrected chi connectivity index (χ2v) is 13.9. The van der Waals surface area contributed by atoms with Gasteiger partial charge < -0.3 is 4.90 Å². The van der Waals surface area contributed by atoms with Gasteiger partial charge in [0.15, 0.2) is 5.82 Å². The van der Waals surface area contributed by atoms with E-state index in [1.165, 1.54) is 0 Å². The molecule has 0 atom stereocenters. The molecule has 0 N–H and O–H groups in total. The average molecular weight is 718 g/mol. The molecule has 56 heavy (non-hydrogen) atoms. The number of fused-ring (bicyclic) bond motifs is 1. The Morgan fingerprint density at radius 1 is 0.411 bits per heavy atom. The van der Waals surface area contributed by atoms with E-state index in [0.29, 0.717) is 5.82 Å². The number of para-hydroxylation sites is 1. The molecule has 8 aromatic rings. The van der Waals surface area contributed by atoms with Crippen LogP contribution in [0.4, 0.5) is 11.4 Å². The van der Waals surface area contributed by atoms with E-state index < -0.39 is 0 Å². The highest BCUT2D eigenvalue weighted by Gasteiger charge is 2.16. The molecule has 0 saturated carbocycles. The highest BCUT2D eigenvalue weighted by molar-refractivity contribution is 5.85. The predicted octanol–water partition coefficient (Wildman–Crippen LogP) is 13.8. The van der Waals surface area contributed by atoms with Crippen LogP contribution in [0.3, 0.4) is 0 Å². The van der Waals surface area contributed by atoms with E-state index in [4.69, 9.17) is 9.97 Å². The second-order valence-electron chi connectivity index (χ2n) is 13.9. The van der Waals surface area contributed by atoms with Gasteiger partial charge in [0.2, 0.25) is 0 Å². The molecule has 0 aliphatic carbocycles. The SMILES string of the molecule is C=C1/C=C\C=C/CN(c2ccc(-c3ccc(-c4cc(-c5ccccc5)cc(-c5nc(-c6ccccc6)cc(-c6ccccc6)n5)c4)cc3)cc2)c2ccccc21. The first-order valence-corrected chi connectivity index (χ1v) is 19.0. The fourth-order valence-corrected chi connectivity index (χ4v) is 7.33. The van der Waals surface area contributed by atoms with Crippen LogP contribution in [0.5, 0.6) is 0 Å².